The summed E-state index contributed by atoms with van der Waals surface area (Å²) in [7, 11) is -2.99. The van der Waals surface area contributed by atoms with Gasteiger partial charge in [-0.2, -0.15) is 0 Å². The number of amides is 2. The van der Waals surface area contributed by atoms with Crippen LogP contribution in [-0.2, 0) is 14.6 Å². The Balaban J connectivity index is 1.51. The molecule has 1 aromatic rings. The van der Waals surface area contributed by atoms with Crippen LogP contribution in [0.5, 0.6) is 0 Å². The van der Waals surface area contributed by atoms with Crippen molar-refractivity contribution in [1.82, 2.24) is 10.2 Å². The highest BCUT2D eigenvalue weighted by Gasteiger charge is 2.32. The molecule has 1 N–H and O–H groups in total. The van der Waals surface area contributed by atoms with Crippen LogP contribution in [0.25, 0.3) is 0 Å². The summed E-state index contributed by atoms with van der Waals surface area (Å²) in [6, 6.07) is 7.26. The molecule has 2 amide bonds. The first-order valence-electron chi connectivity index (χ1n) is 8.71. The number of carbonyl (C=O) groups is 2. The zero-order valence-electron chi connectivity index (χ0n) is 14.4. The number of sulfone groups is 1. The Bertz CT molecular complexity index is 767. The number of likely N-dealkylation sites (tertiary alicyclic amines) is 1. The molecule has 1 aromatic carbocycles. The third kappa shape index (κ3) is 4.39. The van der Waals surface area contributed by atoms with E-state index in [-0.39, 0.29) is 35.3 Å². The quantitative estimate of drug-likeness (QED) is 0.872. The number of carbonyl (C=O) groups excluding carboxylic acids is 2. The second kappa shape index (κ2) is 7.15. The van der Waals surface area contributed by atoms with E-state index in [0.29, 0.717) is 37.9 Å². The maximum atomic E-state index is 12.5. The summed E-state index contributed by atoms with van der Waals surface area (Å²) >= 11 is 0. The summed E-state index contributed by atoms with van der Waals surface area (Å²) in [4.78, 5) is 26.7. The van der Waals surface area contributed by atoms with Crippen molar-refractivity contribution in [3.8, 4) is 0 Å². The largest absolute Gasteiger partial charge is 0.352 e. The number of piperidine rings is 1. The molecule has 2 aliphatic rings. The van der Waals surface area contributed by atoms with Crippen LogP contribution in [-0.4, -0.2) is 55.8 Å². The Hall–Kier alpha value is -1.89. The summed E-state index contributed by atoms with van der Waals surface area (Å²) in [6.45, 7) is 3.05. The maximum Gasteiger partial charge on any atom is 0.253 e. The molecule has 0 aliphatic carbocycles. The predicted molar refractivity (Wildman–Crippen MR) is 95.0 cm³/mol. The van der Waals surface area contributed by atoms with Crippen molar-refractivity contribution in [2.45, 2.75) is 32.2 Å². The van der Waals surface area contributed by atoms with Crippen LogP contribution < -0.4 is 5.32 Å². The minimum absolute atomic E-state index is 0.00412. The SMILES string of the molecule is Cc1cccc(C(=O)N2CCC(C(=O)NC3CCS(=O)(=O)C3)CC2)c1. The van der Waals surface area contributed by atoms with E-state index in [4.69, 9.17) is 0 Å². The van der Waals surface area contributed by atoms with Crippen molar-refractivity contribution in [2.24, 2.45) is 5.92 Å². The van der Waals surface area contributed by atoms with Gasteiger partial charge in [0, 0.05) is 30.6 Å². The second-order valence-corrected chi connectivity index (χ2v) is 9.27. The minimum atomic E-state index is -2.99. The molecule has 0 bridgehead atoms. The average Bonchev–Trinajstić information content (AvgIpc) is 2.93. The van der Waals surface area contributed by atoms with E-state index in [9.17, 15) is 18.0 Å². The molecule has 1 unspecified atom stereocenters. The molecule has 1 atom stereocenters. The van der Waals surface area contributed by atoms with Gasteiger partial charge in [0.2, 0.25) is 5.91 Å². The Labute approximate surface area is 148 Å². The average molecular weight is 364 g/mol. The molecule has 2 fully saturated rings. The fourth-order valence-electron chi connectivity index (χ4n) is 3.53. The van der Waals surface area contributed by atoms with Crippen molar-refractivity contribution in [2.75, 3.05) is 24.6 Å². The monoisotopic (exact) mass is 364 g/mol. The van der Waals surface area contributed by atoms with E-state index in [0.717, 1.165) is 5.56 Å². The fourth-order valence-corrected chi connectivity index (χ4v) is 5.21. The Kier molecular flexibility index (Phi) is 5.13. The van der Waals surface area contributed by atoms with Gasteiger partial charge in [-0.15, -0.1) is 0 Å². The molecule has 7 heteroatoms. The van der Waals surface area contributed by atoms with Crippen LogP contribution in [0.4, 0.5) is 0 Å². The normalized spacial score (nSPS) is 23.4. The van der Waals surface area contributed by atoms with E-state index in [1.54, 1.807) is 4.90 Å². The summed E-state index contributed by atoms with van der Waals surface area (Å²) in [6.07, 6.45) is 1.73. The molecule has 25 heavy (non-hydrogen) atoms. The van der Waals surface area contributed by atoms with Gasteiger partial charge in [0.1, 0.15) is 0 Å². The van der Waals surface area contributed by atoms with E-state index in [1.807, 2.05) is 31.2 Å². The summed E-state index contributed by atoms with van der Waals surface area (Å²) in [5, 5.41) is 2.87. The summed E-state index contributed by atoms with van der Waals surface area (Å²) in [5.41, 5.74) is 1.73. The third-order valence-corrected chi connectivity index (χ3v) is 6.76. The molecular formula is C18H24N2O4S. The van der Waals surface area contributed by atoms with Crippen molar-refractivity contribution in [3.63, 3.8) is 0 Å². The van der Waals surface area contributed by atoms with Crippen LogP contribution in [0.2, 0.25) is 0 Å². The molecule has 0 saturated carbocycles. The van der Waals surface area contributed by atoms with Gasteiger partial charge in [-0.1, -0.05) is 17.7 Å². The van der Waals surface area contributed by atoms with Crippen LogP contribution in [0, 0.1) is 12.8 Å². The number of hydrogen-bond donors (Lipinski definition) is 1. The van der Waals surface area contributed by atoms with Crippen molar-refractivity contribution < 1.29 is 18.0 Å². The van der Waals surface area contributed by atoms with Gasteiger partial charge in [-0.3, -0.25) is 9.59 Å². The maximum absolute atomic E-state index is 12.5. The fraction of sp³-hybridized carbons (Fsp3) is 0.556. The van der Waals surface area contributed by atoms with Crippen LogP contribution >= 0.6 is 0 Å². The number of rotatable bonds is 3. The predicted octanol–water partition coefficient (Wildman–Crippen LogP) is 1.15. The smallest absolute Gasteiger partial charge is 0.253 e. The zero-order chi connectivity index (χ0) is 18.0. The first-order chi connectivity index (χ1) is 11.8. The standard InChI is InChI=1S/C18H24N2O4S/c1-13-3-2-4-15(11-13)18(22)20-8-5-14(6-9-20)17(21)19-16-7-10-25(23,24)12-16/h2-4,11,14,16H,5-10,12H2,1H3,(H,19,21). The molecular weight excluding hydrogens is 340 g/mol. The van der Waals surface area contributed by atoms with E-state index >= 15 is 0 Å². The molecule has 2 aliphatic heterocycles. The number of hydrogen-bond acceptors (Lipinski definition) is 4. The van der Waals surface area contributed by atoms with Gasteiger partial charge in [-0.25, -0.2) is 8.42 Å². The van der Waals surface area contributed by atoms with Gasteiger partial charge in [0.15, 0.2) is 9.84 Å². The molecule has 136 valence electrons. The molecule has 6 nitrogen and oxygen atoms in total. The lowest BCUT2D eigenvalue weighted by atomic mass is 9.95. The highest BCUT2D eigenvalue weighted by molar-refractivity contribution is 7.91. The number of benzene rings is 1. The van der Waals surface area contributed by atoms with Gasteiger partial charge in [0.05, 0.1) is 11.5 Å². The van der Waals surface area contributed by atoms with Gasteiger partial charge >= 0.3 is 0 Å². The molecule has 0 radical (unpaired) electrons. The van der Waals surface area contributed by atoms with Crippen LogP contribution in [0.1, 0.15) is 35.2 Å². The molecule has 0 aromatic heterocycles. The number of aryl methyl sites for hydroxylation is 1. The van der Waals surface area contributed by atoms with Crippen molar-refractivity contribution >= 4 is 21.7 Å². The second-order valence-electron chi connectivity index (χ2n) is 7.04. The van der Waals surface area contributed by atoms with Gasteiger partial charge < -0.3 is 10.2 Å². The highest BCUT2D eigenvalue weighted by Crippen LogP contribution is 2.21. The first-order valence-corrected chi connectivity index (χ1v) is 10.5. The molecule has 3 rings (SSSR count). The van der Waals surface area contributed by atoms with Crippen molar-refractivity contribution in [1.29, 1.82) is 0 Å². The van der Waals surface area contributed by atoms with E-state index in [1.165, 1.54) is 0 Å². The Morgan fingerprint density at radius 1 is 1.16 bits per heavy atom. The zero-order valence-corrected chi connectivity index (χ0v) is 15.2. The Morgan fingerprint density at radius 3 is 2.48 bits per heavy atom. The van der Waals surface area contributed by atoms with Crippen LogP contribution in [0.15, 0.2) is 24.3 Å². The third-order valence-electron chi connectivity index (χ3n) is 5.00. The van der Waals surface area contributed by atoms with Gasteiger partial charge in [-0.05, 0) is 38.3 Å². The number of nitrogens with zero attached hydrogens (tertiary/aromatic N) is 1. The summed E-state index contributed by atoms with van der Waals surface area (Å²) in [5.74, 6) is -0.0239. The lowest BCUT2D eigenvalue weighted by Crippen LogP contribution is -2.45. The lowest BCUT2D eigenvalue weighted by molar-refractivity contribution is -0.126. The number of nitrogens with one attached hydrogen (secondary N) is 1. The van der Waals surface area contributed by atoms with Crippen LogP contribution in [0.3, 0.4) is 0 Å². The topological polar surface area (TPSA) is 83.6 Å². The molecule has 2 heterocycles. The molecule has 2 saturated heterocycles. The van der Waals surface area contributed by atoms with Gasteiger partial charge in [0.25, 0.3) is 5.91 Å². The Morgan fingerprint density at radius 2 is 1.88 bits per heavy atom. The lowest BCUT2D eigenvalue weighted by Gasteiger charge is -2.32. The highest BCUT2D eigenvalue weighted by atomic mass is 32.2. The van der Waals surface area contributed by atoms with E-state index in [2.05, 4.69) is 5.32 Å². The molecule has 0 spiro atoms. The minimum Gasteiger partial charge on any atom is -0.352 e. The van der Waals surface area contributed by atoms with Crippen molar-refractivity contribution in [3.05, 3.63) is 35.4 Å². The summed E-state index contributed by atoms with van der Waals surface area (Å²) < 4.78 is 23.0. The first kappa shape index (κ1) is 17.9. The van der Waals surface area contributed by atoms with E-state index < -0.39 is 9.84 Å².